The predicted molar refractivity (Wildman–Crippen MR) is 106 cm³/mol. The van der Waals surface area contributed by atoms with Crippen molar-refractivity contribution in [3.05, 3.63) is 23.9 Å². The molecule has 0 radical (unpaired) electrons. The Bertz CT molecular complexity index is 821. The van der Waals surface area contributed by atoms with Crippen molar-refractivity contribution >= 4 is 27.9 Å². The van der Waals surface area contributed by atoms with Gasteiger partial charge in [0.25, 0.3) is 15.9 Å². The van der Waals surface area contributed by atoms with Crippen LogP contribution in [0.2, 0.25) is 0 Å². The van der Waals surface area contributed by atoms with E-state index in [-0.39, 0.29) is 36.7 Å². The highest BCUT2D eigenvalue weighted by Crippen LogP contribution is 2.16. The average Bonchev–Trinajstić information content (AvgIpc) is 2.55. The zero-order valence-electron chi connectivity index (χ0n) is 16.9. The number of hydrogen-bond donors (Lipinski definition) is 2. The summed E-state index contributed by atoms with van der Waals surface area (Å²) in [5, 5.41) is 5.58. The van der Waals surface area contributed by atoms with Crippen LogP contribution in [0, 0.1) is 5.92 Å². The summed E-state index contributed by atoms with van der Waals surface area (Å²) < 4.78 is 32.0. The highest BCUT2D eigenvalue weighted by Gasteiger charge is 2.26. The minimum atomic E-state index is -3.43. The van der Waals surface area contributed by atoms with Crippen molar-refractivity contribution < 1.29 is 22.7 Å². The van der Waals surface area contributed by atoms with E-state index < -0.39 is 21.7 Å². The lowest BCUT2D eigenvalue weighted by Gasteiger charge is -2.28. The van der Waals surface area contributed by atoms with Gasteiger partial charge in [-0.25, -0.2) is 13.2 Å². The van der Waals surface area contributed by atoms with Crippen LogP contribution >= 0.6 is 0 Å². The van der Waals surface area contributed by atoms with Crippen molar-refractivity contribution in [1.82, 2.24) is 15.5 Å². The quantitative estimate of drug-likeness (QED) is 0.700. The van der Waals surface area contributed by atoms with Crippen molar-refractivity contribution in [2.75, 3.05) is 18.8 Å². The van der Waals surface area contributed by atoms with E-state index in [0.29, 0.717) is 11.4 Å². The first-order valence-electron chi connectivity index (χ1n) is 9.13. The molecule has 0 unspecified atom stereocenters. The second kappa shape index (κ2) is 8.34. The number of carbonyl (C=O) groups excluding carboxylic acids is 2. The molecule has 0 bridgehead atoms. The highest BCUT2D eigenvalue weighted by atomic mass is 32.2. The van der Waals surface area contributed by atoms with Gasteiger partial charge in [-0.15, -0.1) is 4.40 Å². The van der Waals surface area contributed by atoms with Gasteiger partial charge in [-0.1, -0.05) is 13.8 Å². The van der Waals surface area contributed by atoms with Crippen molar-refractivity contribution in [1.29, 1.82) is 0 Å². The number of nitrogens with zero attached hydrogens (tertiary/aromatic N) is 2. The van der Waals surface area contributed by atoms with Gasteiger partial charge in [-0.05, 0) is 38.8 Å². The van der Waals surface area contributed by atoms with E-state index in [9.17, 15) is 18.0 Å². The number of ether oxygens (including phenoxy) is 1. The van der Waals surface area contributed by atoms with Gasteiger partial charge in [0, 0.05) is 19.3 Å². The van der Waals surface area contributed by atoms with Gasteiger partial charge in [-0.2, -0.15) is 0 Å². The third-order valence-corrected chi connectivity index (χ3v) is 5.24. The number of amides is 2. The van der Waals surface area contributed by atoms with E-state index in [0.717, 1.165) is 0 Å². The summed E-state index contributed by atoms with van der Waals surface area (Å²) in [7, 11) is -3.43. The monoisotopic (exact) mass is 412 g/mol. The van der Waals surface area contributed by atoms with Crippen molar-refractivity contribution in [2.45, 2.75) is 46.3 Å². The van der Waals surface area contributed by atoms with Crippen molar-refractivity contribution in [3.8, 4) is 0 Å². The minimum absolute atomic E-state index is 0.0785. The molecule has 2 heterocycles. The maximum Gasteiger partial charge on any atom is 0.407 e. The molecule has 1 atom stereocenters. The van der Waals surface area contributed by atoms with Crippen LogP contribution in [-0.2, 0) is 19.6 Å². The molecule has 0 saturated carbocycles. The van der Waals surface area contributed by atoms with Crippen LogP contribution in [0.3, 0.4) is 0 Å². The molecule has 0 fully saturated rings. The Labute approximate surface area is 166 Å². The van der Waals surface area contributed by atoms with E-state index in [1.165, 1.54) is 12.2 Å². The number of nitrogens with one attached hydrogen (secondary N) is 2. The van der Waals surface area contributed by atoms with E-state index in [2.05, 4.69) is 15.0 Å². The second-order valence-corrected chi connectivity index (χ2v) is 9.81. The molecule has 0 aromatic rings. The summed E-state index contributed by atoms with van der Waals surface area (Å²) in [6, 6.07) is -0.302. The Morgan fingerprint density at radius 1 is 1.29 bits per heavy atom. The van der Waals surface area contributed by atoms with Crippen LogP contribution in [0.25, 0.3) is 0 Å². The third-order valence-electron chi connectivity index (χ3n) is 4.08. The van der Waals surface area contributed by atoms with Gasteiger partial charge >= 0.3 is 6.09 Å². The van der Waals surface area contributed by atoms with E-state index in [4.69, 9.17) is 4.74 Å². The molecular formula is C18H28N4O5S. The van der Waals surface area contributed by atoms with Crippen LogP contribution in [-0.4, -0.2) is 61.6 Å². The zero-order chi connectivity index (χ0) is 21.1. The molecule has 10 heteroatoms. The molecule has 9 nitrogen and oxygen atoms in total. The fraction of sp³-hybridized carbons (Fsp3) is 0.611. The molecule has 2 rings (SSSR count). The summed E-state index contributed by atoms with van der Waals surface area (Å²) in [5.41, 5.74) is -0.216. The molecular weight excluding hydrogens is 384 g/mol. The Morgan fingerprint density at radius 2 is 1.96 bits per heavy atom. The Kier molecular flexibility index (Phi) is 6.53. The van der Waals surface area contributed by atoms with E-state index >= 15 is 0 Å². The number of sulfonamides is 1. The lowest BCUT2D eigenvalue weighted by Crippen LogP contribution is -2.48. The molecule has 2 N–H and O–H groups in total. The first kappa shape index (κ1) is 21.9. The number of fused-ring (bicyclic) bond motifs is 1. The predicted octanol–water partition coefficient (Wildman–Crippen LogP) is 1.15. The summed E-state index contributed by atoms with van der Waals surface area (Å²) in [6.07, 6.45) is 4.07. The molecule has 2 aliphatic heterocycles. The summed E-state index contributed by atoms with van der Waals surface area (Å²) in [6.45, 7) is 9.70. The summed E-state index contributed by atoms with van der Waals surface area (Å²) in [5.74, 6) is -0.0325. The van der Waals surface area contributed by atoms with Crippen molar-refractivity contribution in [2.24, 2.45) is 10.3 Å². The number of rotatable bonds is 5. The molecule has 0 spiro atoms. The standard InChI is InChI=1S/C18H28N4O5S/c1-12(2)14(20-17(24)27-18(3,4)5)10-19-16(23)13-6-7-15-21-28(25,26)9-8-22(15)11-13/h6-7,11-12,14H,8-10H2,1-5H3,(H,19,23)(H,20,24)/t14-/m0/s1. The van der Waals surface area contributed by atoms with Crippen LogP contribution in [0.4, 0.5) is 4.79 Å². The van der Waals surface area contributed by atoms with Gasteiger partial charge in [0.2, 0.25) is 0 Å². The van der Waals surface area contributed by atoms with E-state index in [1.54, 1.807) is 31.9 Å². The Morgan fingerprint density at radius 3 is 2.57 bits per heavy atom. The Balaban J connectivity index is 1.96. The molecule has 2 amide bonds. The van der Waals surface area contributed by atoms with Crippen molar-refractivity contribution in [3.63, 3.8) is 0 Å². The molecule has 0 aromatic carbocycles. The molecule has 0 saturated heterocycles. The highest BCUT2D eigenvalue weighted by molar-refractivity contribution is 7.90. The van der Waals surface area contributed by atoms with Crippen LogP contribution in [0.5, 0.6) is 0 Å². The normalized spacial score (nSPS) is 19.3. The summed E-state index contributed by atoms with van der Waals surface area (Å²) in [4.78, 5) is 26.1. The van der Waals surface area contributed by atoms with Crippen LogP contribution in [0.1, 0.15) is 34.6 Å². The molecule has 0 aliphatic carbocycles. The van der Waals surface area contributed by atoms with Crippen LogP contribution in [0.15, 0.2) is 28.3 Å². The minimum Gasteiger partial charge on any atom is -0.444 e. The summed E-state index contributed by atoms with van der Waals surface area (Å²) >= 11 is 0. The zero-order valence-corrected chi connectivity index (χ0v) is 17.7. The maximum atomic E-state index is 12.5. The SMILES string of the molecule is CC(C)[C@H](CNC(=O)C1=CN2CCS(=O)(=O)N=C2C=C1)NC(=O)OC(C)(C)C. The average molecular weight is 413 g/mol. The van der Waals surface area contributed by atoms with E-state index in [1.807, 2.05) is 13.8 Å². The third kappa shape index (κ3) is 6.36. The number of amidine groups is 1. The largest absolute Gasteiger partial charge is 0.444 e. The second-order valence-electron chi connectivity index (χ2n) is 8.05. The fourth-order valence-corrected chi connectivity index (χ4v) is 3.52. The van der Waals surface area contributed by atoms with Crippen LogP contribution < -0.4 is 10.6 Å². The van der Waals surface area contributed by atoms with Gasteiger partial charge in [-0.3, -0.25) is 4.79 Å². The van der Waals surface area contributed by atoms with Gasteiger partial charge in [0.1, 0.15) is 11.4 Å². The lowest BCUT2D eigenvalue weighted by atomic mass is 10.0. The first-order chi connectivity index (χ1) is 12.9. The lowest BCUT2D eigenvalue weighted by molar-refractivity contribution is -0.117. The molecule has 156 valence electrons. The molecule has 2 aliphatic rings. The Hall–Kier alpha value is -2.36. The van der Waals surface area contributed by atoms with Gasteiger partial charge in [0.05, 0.1) is 17.4 Å². The molecule has 28 heavy (non-hydrogen) atoms. The number of hydrogen-bond acceptors (Lipinski definition) is 6. The topological polar surface area (TPSA) is 117 Å². The fourth-order valence-electron chi connectivity index (χ4n) is 2.55. The number of carbonyl (C=O) groups is 2. The smallest absolute Gasteiger partial charge is 0.407 e. The maximum absolute atomic E-state index is 12.5. The number of alkyl carbamates (subject to hydrolysis) is 1. The van der Waals surface area contributed by atoms with Gasteiger partial charge in [0.15, 0.2) is 0 Å². The first-order valence-corrected chi connectivity index (χ1v) is 10.7. The van der Waals surface area contributed by atoms with Gasteiger partial charge < -0.3 is 20.3 Å². The molecule has 0 aromatic heterocycles.